The molecule has 0 heterocycles. The summed E-state index contributed by atoms with van der Waals surface area (Å²) in [6.07, 6.45) is 5.58. The Bertz CT molecular complexity index is 361. The third kappa shape index (κ3) is 5.46. The van der Waals surface area contributed by atoms with Crippen LogP contribution in [-0.4, -0.2) is 11.9 Å². The van der Waals surface area contributed by atoms with E-state index in [1.54, 1.807) is 0 Å². The van der Waals surface area contributed by atoms with E-state index >= 15 is 0 Å². The van der Waals surface area contributed by atoms with Crippen molar-refractivity contribution >= 4 is 5.91 Å². The molecule has 0 aliphatic heterocycles. The van der Waals surface area contributed by atoms with E-state index in [4.69, 9.17) is 0 Å². The highest BCUT2D eigenvalue weighted by molar-refractivity contribution is 5.83. The van der Waals surface area contributed by atoms with Crippen molar-refractivity contribution in [3.8, 4) is 0 Å². The summed E-state index contributed by atoms with van der Waals surface area (Å²) in [5, 5.41) is 3.15. The highest BCUT2D eigenvalue weighted by Gasteiger charge is 2.19. The van der Waals surface area contributed by atoms with E-state index in [2.05, 4.69) is 26.1 Å². The van der Waals surface area contributed by atoms with Crippen LogP contribution < -0.4 is 5.32 Å². The molecule has 0 aliphatic carbocycles. The zero-order valence-corrected chi connectivity index (χ0v) is 12.5. The molecule has 1 aromatic carbocycles. The molecule has 2 nitrogen and oxygen atoms in total. The van der Waals surface area contributed by atoms with Gasteiger partial charge in [0.1, 0.15) is 0 Å². The van der Waals surface area contributed by atoms with Crippen LogP contribution in [-0.2, 0) is 4.79 Å². The van der Waals surface area contributed by atoms with Crippen LogP contribution in [0.4, 0.5) is 0 Å². The first kappa shape index (κ1) is 15.7. The molecule has 19 heavy (non-hydrogen) atoms. The summed E-state index contributed by atoms with van der Waals surface area (Å²) >= 11 is 0. The highest BCUT2D eigenvalue weighted by Crippen LogP contribution is 2.19. The Hall–Kier alpha value is -1.31. The van der Waals surface area contributed by atoms with Gasteiger partial charge in [0.05, 0.1) is 5.92 Å². The minimum Gasteiger partial charge on any atom is -0.353 e. The number of carbonyl (C=O) groups is 1. The van der Waals surface area contributed by atoms with Gasteiger partial charge in [0.2, 0.25) is 5.91 Å². The number of carbonyl (C=O) groups excluding carboxylic acids is 1. The number of rotatable bonds is 8. The molecule has 1 aromatic rings. The molecule has 0 unspecified atom stereocenters. The number of hydrogen-bond acceptors (Lipinski definition) is 1. The van der Waals surface area contributed by atoms with Crippen LogP contribution in [0.1, 0.15) is 64.4 Å². The Balaban J connectivity index is 2.50. The topological polar surface area (TPSA) is 29.1 Å². The van der Waals surface area contributed by atoms with Gasteiger partial charge in [-0.05, 0) is 25.3 Å². The SMILES string of the molecule is CCCCC[C@@H](C)NC(=O)[C@@H](CC)c1ccccc1. The maximum absolute atomic E-state index is 12.3. The molecule has 2 heteroatoms. The van der Waals surface area contributed by atoms with Gasteiger partial charge in [-0.3, -0.25) is 4.79 Å². The standard InChI is InChI=1S/C17H27NO/c1-4-6-8-11-14(3)18-17(19)16(5-2)15-12-9-7-10-13-15/h7,9-10,12-14,16H,4-6,8,11H2,1-3H3,(H,18,19)/t14-,16+/m1/s1. The first-order valence-electron chi connectivity index (χ1n) is 7.54. The summed E-state index contributed by atoms with van der Waals surface area (Å²) in [5.41, 5.74) is 1.11. The second-order valence-electron chi connectivity index (χ2n) is 5.28. The van der Waals surface area contributed by atoms with Gasteiger partial charge in [0, 0.05) is 6.04 Å². The van der Waals surface area contributed by atoms with E-state index in [0.29, 0.717) is 0 Å². The van der Waals surface area contributed by atoms with E-state index in [9.17, 15) is 4.79 Å². The molecule has 0 bridgehead atoms. The van der Waals surface area contributed by atoms with E-state index in [0.717, 1.165) is 18.4 Å². The normalized spacial score (nSPS) is 13.8. The van der Waals surface area contributed by atoms with Gasteiger partial charge in [0.15, 0.2) is 0 Å². The molecular weight excluding hydrogens is 234 g/mol. The average molecular weight is 261 g/mol. The summed E-state index contributed by atoms with van der Waals surface area (Å²) in [6.45, 7) is 6.37. The van der Waals surface area contributed by atoms with Crippen molar-refractivity contribution < 1.29 is 4.79 Å². The third-order valence-electron chi connectivity index (χ3n) is 3.56. The summed E-state index contributed by atoms with van der Waals surface area (Å²) in [6, 6.07) is 10.3. The fraction of sp³-hybridized carbons (Fsp3) is 0.588. The first-order chi connectivity index (χ1) is 9.19. The Morgan fingerprint density at radius 2 is 1.84 bits per heavy atom. The van der Waals surface area contributed by atoms with Crippen LogP contribution in [0.5, 0.6) is 0 Å². The molecule has 0 aliphatic rings. The molecule has 106 valence electrons. The Morgan fingerprint density at radius 1 is 1.16 bits per heavy atom. The van der Waals surface area contributed by atoms with Crippen LogP contribution in [0, 0.1) is 0 Å². The molecule has 0 saturated carbocycles. The second-order valence-corrected chi connectivity index (χ2v) is 5.28. The predicted molar refractivity (Wildman–Crippen MR) is 81.2 cm³/mol. The molecule has 0 aromatic heterocycles. The largest absolute Gasteiger partial charge is 0.353 e. The van der Waals surface area contributed by atoms with Crippen LogP contribution in [0.25, 0.3) is 0 Å². The quantitative estimate of drug-likeness (QED) is 0.696. The summed E-state index contributed by atoms with van der Waals surface area (Å²) in [5.74, 6) is 0.146. The van der Waals surface area contributed by atoms with Gasteiger partial charge in [-0.15, -0.1) is 0 Å². The van der Waals surface area contributed by atoms with Crippen molar-refractivity contribution in [2.24, 2.45) is 0 Å². The van der Waals surface area contributed by atoms with Crippen LogP contribution in [0.2, 0.25) is 0 Å². The summed E-state index contributed by atoms with van der Waals surface area (Å²) < 4.78 is 0. The van der Waals surface area contributed by atoms with Crippen molar-refractivity contribution in [2.75, 3.05) is 0 Å². The van der Waals surface area contributed by atoms with Crippen molar-refractivity contribution in [3.05, 3.63) is 35.9 Å². The number of benzene rings is 1. The molecule has 2 atom stereocenters. The zero-order chi connectivity index (χ0) is 14.1. The van der Waals surface area contributed by atoms with E-state index < -0.39 is 0 Å². The van der Waals surface area contributed by atoms with Gasteiger partial charge in [0.25, 0.3) is 0 Å². The van der Waals surface area contributed by atoms with Crippen LogP contribution in [0.15, 0.2) is 30.3 Å². The van der Waals surface area contributed by atoms with Crippen molar-refractivity contribution in [3.63, 3.8) is 0 Å². The number of unbranched alkanes of at least 4 members (excludes halogenated alkanes) is 2. The first-order valence-corrected chi connectivity index (χ1v) is 7.54. The number of amides is 1. The van der Waals surface area contributed by atoms with Crippen molar-refractivity contribution in [1.82, 2.24) is 5.32 Å². The van der Waals surface area contributed by atoms with Crippen LogP contribution in [0.3, 0.4) is 0 Å². The maximum atomic E-state index is 12.3. The van der Waals surface area contributed by atoms with Crippen LogP contribution >= 0.6 is 0 Å². The number of hydrogen-bond donors (Lipinski definition) is 1. The van der Waals surface area contributed by atoms with Gasteiger partial charge in [-0.1, -0.05) is 63.4 Å². The van der Waals surface area contributed by atoms with Gasteiger partial charge in [-0.25, -0.2) is 0 Å². The molecule has 0 radical (unpaired) electrons. The fourth-order valence-electron chi connectivity index (χ4n) is 2.37. The number of nitrogens with one attached hydrogen (secondary N) is 1. The van der Waals surface area contributed by atoms with Gasteiger partial charge in [-0.2, -0.15) is 0 Å². The fourth-order valence-corrected chi connectivity index (χ4v) is 2.37. The lowest BCUT2D eigenvalue weighted by atomic mass is 9.95. The molecule has 0 saturated heterocycles. The third-order valence-corrected chi connectivity index (χ3v) is 3.56. The second kappa shape index (κ2) is 8.73. The van der Waals surface area contributed by atoms with E-state index in [1.807, 2.05) is 30.3 Å². The molecule has 1 rings (SSSR count). The van der Waals surface area contributed by atoms with E-state index in [1.165, 1.54) is 19.3 Å². The Kier molecular flexibility index (Phi) is 7.24. The molecular formula is C17H27NO. The lowest BCUT2D eigenvalue weighted by molar-refractivity contribution is -0.123. The average Bonchev–Trinajstić information content (AvgIpc) is 2.41. The maximum Gasteiger partial charge on any atom is 0.227 e. The lowest BCUT2D eigenvalue weighted by Crippen LogP contribution is -2.36. The summed E-state index contributed by atoms with van der Waals surface area (Å²) in [4.78, 5) is 12.3. The molecule has 0 fully saturated rings. The smallest absolute Gasteiger partial charge is 0.227 e. The predicted octanol–water partition coefficient (Wildman–Crippen LogP) is 4.27. The summed E-state index contributed by atoms with van der Waals surface area (Å²) in [7, 11) is 0. The Morgan fingerprint density at radius 3 is 2.42 bits per heavy atom. The van der Waals surface area contributed by atoms with Crippen molar-refractivity contribution in [2.45, 2.75) is 64.8 Å². The van der Waals surface area contributed by atoms with Crippen molar-refractivity contribution in [1.29, 1.82) is 0 Å². The molecule has 0 spiro atoms. The van der Waals surface area contributed by atoms with Gasteiger partial charge >= 0.3 is 0 Å². The highest BCUT2D eigenvalue weighted by atomic mass is 16.1. The minimum absolute atomic E-state index is 0.0187. The lowest BCUT2D eigenvalue weighted by Gasteiger charge is -2.19. The van der Waals surface area contributed by atoms with Gasteiger partial charge < -0.3 is 5.32 Å². The molecule has 1 amide bonds. The monoisotopic (exact) mass is 261 g/mol. The zero-order valence-electron chi connectivity index (χ0n) is 12.5. The van der Waals surface area contributed by atoms with E-state index in [-0.39, 0.29) is 17.9 Å². The molecule has 1 N–H and O–H groups in total. The Labute approximate surface area is 117 Å². The minimum atomic E-state index is -0.0187.